The third-order valence-electron chi connectivity index (χ3n) is 3.80. The summed E-state index contributed by atoms with van der Waals surface area (Å²) in [7, 11) is 1.39. The Morgan fingerprint density at radius 3 is 2.65 bits per heavy atom. The second-order valence-corrected chi connectivity index (χ2v) is 5.06. The van der Waals surface area contributed by atoms with Gasteiger partial charge >= 0.3 is 5.97 Å². The van der Waals surface area contributed by atoms with Crippen LogP contribution in [0.4, 0.5) is 0 Å². The van der Waals surface area contributed by atoms with Crippen LogP contribution in [-0.2, 0) is 17.6 Å². The van der Waals surface area contributed by atoms with Crippen LogP contribution in [-0.4, -0.2) is 18.2 Å². The van der Waals surface area contributed by atoms with Crippen molar-refractivity contribution in [1.82, 2.24) is 0 Å². The first kappa shape index (κ1) is 12.7. The van der Waals surface area contributed by atoms with Crippen LogP contribution in [0.1, 0.15) is 27.9 Å². The van der Waals surface area contributed by atoms with Crippen LogP contribution in [0.25, 0.3) is 11.1 Å². The number of aromatic hydroxyl groups is 1. The lowest BCUT2D eigenvalue weighted by Crippen LogP contribution is -2.02. The minimum Gasteiger partial charge on any atom is -0.508 e. The number of rotatable bonds is 1. The highest BCUT2D eigenvalue weighted by Crippen LogP contribution is 2.34. The number of benzene rings is 2. The number of hydrogen-bond acceptors (Lipinski definition) is 3. The first-order valence-electron chi connectivity index (χ1n) is 6.72. The molecule has 0 saturated heterocycles. The maximum absolute atomic E-state index is 11.7. The number of carbonyl (C=O) groups excluding carboxylic acids is 1. The molecule has 0 saturated carbocycles. The fourth-order valence-electron chi connectivity index (χ4n) is 2.81. The van der Waals surface area contributed by atoms with Crippen LogP contribution in [0.5, 0.6) is 5.75 Å². The van der Waals surface area contributed by atoms with Crippen molar-refractivity contribution in [1.29, 1.82) is 0 Å². The van der Waals surface area contributed by atoms with E-state index in [0.717, 1.165) is 36.0 Å². The molecule has 0 bridgehead atoms. The number of phenols is 1. The van der Waals surface area contributed by atoms with Gasteiger partial charge in [-0.15, -0.1) is 0 Å². The summed E-state index contributed by atoms with van der Waals surface area (Å²) in [6, 6.07) is 11.1. The highest BCUT2D eigenvalue weighted by Gasteiger charge is 2.17. The molecule has 0 fully saturated rings. The summed E-state index contributed by atoms with van der Waals surface area (Å²) in [5.74, 6) is -0.0336. The molecule has 0 radical (unpaired) electrons. The molecule has 0 amide bonds. The number of methoxy groups -OCH3 is 1. The minimum absolute atomic E-state index is 0.288. The molecule has 3 rings (SSSR count). The average molecular weight is 268 g/mol. The lowest BCUT2D eigenvalue weighted by atomic mass is 9.94. The molecule has 20 heavy (non-hydrogen) atoms. The number of phenolic OH excluding ortho intramolecular Hbond substituents is 1. The van der Waals surface area contributed by atoms with Gasteiger partial charge in [-0.05, 0) is 65.8 Å². The Bertz CT molecular complexity index is 674. The Hall–Kier alpha value is -2.29. The van der Waals surface area contributed by atoms with Gasteiger partial charge in [0.2, 0.25) is 0 Å². The van der Waals surface area contributed by atoms with Gasteiger partial charge in [-0.25, -0.2) is 4.79 Å². The number of fused-ring (bicyclic) bond motifs is 3. The topological polar surface area (TPSA) is 46.5 Å². The summed E-state index contributed by atoms with van der Waals surface area (Å²) in [5.41, 5.74) is 5.10. The van der Waals surface area contributed by atoms with E-state index in [-0.39, 0.29) is 11.7 Å². The van der Waals surface area contributed by atoms with E-state index in [2.05, 4.69) is 0 Å². The Balaban J connectivity index is 2.18. The van der Waals surface area contributed by atoms with Crippen LogP contribution in [0.15, 0.2) is 36.4 Å². The summed E-state index contributed by atoms with van der Waals surface area (Å²) in [5, 5.41) is 9.63. The van der Waals surface area contributed by atoms with Crippen molar-refractivity contribution in [3.8, 4) is 16.9 Å². The molecule has 0 aromatic heterocycles. The first-order chi connectivity index (χ1) is 9.69. The fourth-order valence-corrected chi connectivity index (χ4v) is 2.81. The number of aryl methyl sites for hydroxylation is 2. The zero-order chi connectivity index (χ0) is 14.1. The number of hydrogen-bond donors (Lipinski definition) is 1. The van der Waals surface area contributed by atoms with Crippen molar-refractivity contribution in [2.45, 2.75) is 19.3 Å². The summed E-state index contributed by atoms with van der Waals surface area (Å²) in [4.78, 5) is 11.7. The highest BCUT2D eigenvalue weighted by molar-refractivity contribution is 5.91. The maximum Gasteiger partial charge on any atom is 0.337 e. The predicted molar refractivity (Wildman–Crippen MR) is 76.9 cm³/mol. The zero-order valence-corrected chi connectivity index (χ0v) is 11.3. The van der Waals surface area contributed by atoms with E-state index < -0.39 is 0 Å². The molecule has 2 aromatic carbocycles. The number of carbonyl (C=O) groups is 1. The van der Waals surface area contributed by atoms with Gasteiger partial charge in [0.25, 0.3) is 0 Å². The van der Waals surface area contributed by atoms with Crippen LogP contribution < -0.4 is 0 Å². The third kappa shape index (κ3) is 2.16. The second kappa shape index (κ2) is 5.00. The van der Waals surface area contributed by atoms with Crippen molar-refractivity contribution < 1.29 is 14.6 Å². The van der Waals surface area contributed by atoms with E-state index in [1.807, 2.05) is 30.3 Å². The van der Waals surface area contributed by atoms with Crippen molar-refractivity contribution in [3.63, 3.8) is 0 Å². The van der Waals surface area contributed by atoms with Crippen LogP contribution in [0, 0.1) is 0 Å². The molecule has 0 aliphatic heterocycles. The Morgan fingerprint density at radius 2 is 1.85 bits per heavy atom. The van der Waals surface area contributed by atoms with E-state index in [4.69, 9.17) is 4.74 Å². The molecule has 3 nitrogen and oxygen atoms in total. The first-order valence-corrected chi connectivity index (χ1v) is 6.72. The van der Waals surface area contributed by atoms with E-state index in [9.17, 15) is 9.90 Å². The SMILES string of the molecule is COC(=O)c1ccc2c(c1)-c1ccc(O)cc1CCC2. The van der Waals surface area contributed by atoms with Crippen molar-refractivity contribution in [3.05, 3.63) is 53.1 Å². The highest BCUT2D eigenvalue weighted by atomic mass is 16.5. The molecule has 1 aliphatic rings. The molecule has 1 aliphatic carbocycles. The fraction of sp³-hybridized carbons (Fsp3) is 0.235. The Kier molecular flexibility index (Phi) is 3.18. The summed E-state index contributed by atoms with van der Waals surface area (Å²) < 4.78 is 4.79. The van der Waals surface area contributed by atoms with Crippen molar-refractivity contribution in [2.75, 3.05) is 7.11 Å². The summed E-state index contributed by atoms with van der Waals surface area (Å²) in [6.45, 7) is 0. The largest absolute Gasteiger partial charge is 0.508 e. The van der Waals surface area contributed by atoms with E-state index in [0.29, 0.717) is 5.56 Å². The van der Waals surface area contributed by atoms with E-state index in [1.54, 1.807) is 6.07 Å². The van der Waals surface area contributed by atoms with Crippen molar-refractivity contribution >= 4 is 5.97 Å². The molecule has 0 heterocycles. The Morgan fingerprint density at radius 1 is 1.05 bits per heavy atom. The summed E-state index contributed by atoms with van der Waals surface area (Å²) in [6.07, 6.45) is 2.96. The van der Waals surface area contributed by atoms with Crippen LogP contribution >= 0.6 is 0 Å². The minimum atomic E-state index is -0.322. The standard InChI is InChI=1S/C17H16O3/c1-20-17(19)13-6-5-11-3-2-4-12-9-14(18)7-8-15(12)16(11)10-13/h5-10,18H,2-4H2,1H3. The number of esters is 1. The number of ether oxygens (including phenoxy) is 1. The monoisotopic (exact) mass is 268 g/mol. The predicted octanol–water partition coefficient (Wildman–Crippen LogP) is 3.33. The smallest absolute Gasteiger partial charge is 0.337 e. The second-order valence-electron chi connectivity index (χ2n) is 5.06. The van der Waals surface area contributed by atoms with Gasteiger partial charge in [-0.3, -0.25) is 0 Å². The van der Waals surface area contributed by atoms with Gasteiger partial charge in [0, 0.05) is 0 Å². The molecular weight excluding hydrogens is 252 g/mol. The van der Waals surface area contributed by atoms with Gasteiger partial charge in [-0.1, -0.05) is 12.1 Å². The lowest BCUT2D eigenvalue weighted by Gasteiger charge is -2.11. The molecule has 3 heteroatoms. The van der Waals surface area contributed by atoms with E-state index >= 15 is 0 Å². The van der Waals surface area contributed by atoms with Gasteiger partial charge in [0.15, 0.2) is 0 Å². The van der Waals surface area contributed by atoms with Crippen LogP contribution in [0.3, 0.4) is 0 Å². The maximum atomic E-state index is 11.7. The zero-order valence-electron chi connectivity index (χ0n) is 11.3. The average Bonchev–Trinajstić information content (AvgIpc) is 2.64. The van der Waals surface area contributed by atoms with Gasteiger partial charge in [0.05, 0.1) is 12.7 Å². The van der Waals surface area contributed by atoms with Gasteiger partial charge < -0.3 is 9.84 Å². The molecule has 0 spiro atoms. The lowest BCUT2D eigenvalue weighted by molar-refractivity contribution is 0.0601. The molecule has 102 valence electrons. The molecule has 0 unspecified atom stereocenters. The summed E-state index contributed by atoms with van der Waals surface area (Å²) >= 11 is 0. The quantitative estimate of drug-likeness (QED) is 0.807. The normalized spacial score (nSPS) is 13.1. The third-order valence-corrected chi connectivity index (χ3v) is 3.80. The molecule has 0 atom stereocenters. The van der Waals surface area contributed by atoms with Gasteiger partial charge in [-0.2, -0.15) is 0 Å². The molecule has 2 aromatic rings. The van der Waals surface area contributed by atoms with E-state index in [1.165, 1.54) is 12.7 Å². The molecule has 1 N–H and O–H groups in total. The van der Waals surface area contributed by atoms with Gasteiger partial charge in [0.1, 0.15) is 5.75 Å². The molecular formula is C17H16O3. The van der Waals surface area contributed by atoms with Crippen molar-refractivity contribution in [2.24, 2.45) is 0 Å². The Labute approximate surface area is 117 Å². The van der Waals surface area contributed by atoms with Crippen LogP contribution in [0.2, 0.25) is 0 Å².